The number of hydrogen-bond acceptors (Lipinski definition) is 4. The van der Waals surface area contributed by atoms with Crippen LogP contribution in [0, 0.1) is 13.8 Å². The van der Waals surface area contributed by atoms with Crippen molar-refractivity contribution >= 4 is 17.2 Å². The third kappa shape index (κ3) is 4.15. The summed E-state index contributed by atoms with van der Waals surface area (Å²) in [6.45, 7) is 6.05. The van der Waals surface area contributed by atoms with Crippen molar-refractivity contribution in [1.29, 1.82) is 0 Å². The second-order valence-electron chi connectivity index (χ2n) is 4.88. The van der Waals surface area contributed by atoms with Crippen LogP contribution in [0.25, 0.3) is 0 Å². The first kappa shape index (κ1) is 15.7. The highest BCUT2D eigenvalue weighted by Gasteiger charge is 2.10. The summed E-state index contributed by atoms with van der Waals surface area (Å²) in [5.41, 5.74) is 1.11. The molecule has 0 saturated heterocycles. The number of rotatable bonds is 7. The maximum Gasteiger partial charge on any atom is 0.261 e. The summed E-state index contributed by atoms with van der Waals surface area (Å²) in [7, 11) is 1.69. The molecule has 0 spiro atoms. The molecule has 0 fully saturated rings. The Morgan fingerprint density at radius 2 is 2.24 bits per heavy atom. The van der Waals surface area contributed by atoms with Crippen LogP contribution in [0.3, 0.4) is 0 Å². The smallest absolute Gasteiger partial charge is 0.261 e. The molecule has 1 N–H and O–H groups in total. The second-order valence-corrected chi connectivity index (χ2v) is 6.16. The van der Waals surface area contributed by atoms with Crippen molar-refractivity contribution in [3.63, 3.8) is 0 Å². The summed E-state index contributed by atoms with van der Waals surface area (Å²) in [6, 6.07) is 3.82. The average Bonchev–Trinajstić information content (AvgIpc) is 3.04. The molecule has 2 heterocycles. The Balaban J connectivity index is 1.87. The van der Waals surface area contributed by atoms with E-state index in [-0.39, 0.29) is 5.91 Å². The van der Waals surface area contributed by atoms with E-state index in [0.717, 1.165) is 27.8 Å². The van der Waals surface area contributed by atoms with E-state index < -0.39 is 0 Å². The van der Waals surface area contributed by atoms with Crippen LogP contribution in [0.15, 0.2) is 18.3 Å². The van der Waals surface area contributed by atoms with Crippen LogP contribution in [0.5, 0.6) is 0 Å². The minimum Gasteiger partial charge on any atom is -0.383 e. The number of aryl methyl sites for hydroxylation is 2. The molecule has 0 aliphatic rings. The van der Waals surface area contributed by atoms with Crippen molar-refractivity contribution in [2.24, 2.45) is 0 Å². The number of imidazole rings is 1. The van der Waals surface area contributed by atoms with E-state index in [2.05, 4.69) is 14.9 Å². The van der Waals surface area contributed by atoms with Gasteiger partial charge in [0.1, 0.15) is 5.82 Å². The van der Waals surface area contributed by atoms with E-state index in [9.17, 15) is 4.79 Å². The lowest BCUT2D eigenvalue weighted by Crippen LogP contribution is -2.26. The average molecular weight is 307 g/mol. The van der Waals surface area contributed by atoms with Crippen LogP contribution in [-0.2, 0) is 17.7 Å². The van der Waals surface area contributed by atoms with Gasteiger partial charge in [-0.05, 0) is 26.0 Å². The van der Waals surface area contributed by atoms with E-state index in [1.165, 1.54) is 11.3 Å². The zero-order valence-electron chi connectivity index (χ0n) is 12.7. The molecule has 0 atom stereocenters. The van der Waals surface area contributed by atoms with Gasteiger partial charge in [-0.25, -0.2) is 4.98 Å². The van der Waals surface area contributed by atoms with Crippen molar-refractivity contribution < 1.29 is 9.53 Å². The largest absolute Gasteiger partial charge is 0.383 e. The minimum absolute atomic E-state index is 0.0141. The van der Waals surface area contributed by atoms with Crippen LogP contribution in [-0.4, -0.2) is 35.7 Å². The number of nitrogens with zero attached hydrogens (tertiary/aromatic N) is 2. The number of amides is 1. The van der Waals surface area contributed by atoms with Crippen LogP contribution in [0.2, 0.25) is 0 Å². The molecule has 2 aromatic heterocycles. The fraction of sp³-hybridized carbons (Fsp3) is 0.467. The standard InChI is InChI=1S/C15H21N3O2S/c1-11-10-17-14(18(11)8-9-20-3)6-7-16-15(19)13-5-4-12(2)21-13/h4-5,10H,6-9H2,1-3H3,(H,16,19). The lowest BCUT2D eigenvalue weighted by atomic mass is 10.3. The van der Waals surface area contributed by atoms with Crippen LogP contribution in [0.4, 0.5) is 0 Å². The van der Waals surface area contributed by atoms with Gasteiger partial charge in [-0.1, -0.05) is 0 Å². The zero-order chi connectivity index (χ0) is 15.2. The van der Waals surface area contributed by atoms with E-state index in [4.69, 9.17) is 4.74 Å². The molecule has 0 aliphatic heterocycles. The van der Waals surface area contributed by atoms with E-state index in [1.54, 1.807) is 7.11 Å². The molecule has 21 heavy (non-hydrogen) atoms. The van der Waals surface area contributed by atoms with E-state index in [1.807, 2.05) is 32.2 Å². The number of hydrogen-bond donors (Lipinski definition) is 1. The predicted octanol–water partition coefficient (Wildman–Crippen LogP) is 2.18. The van der Waals surface area contributed by atoms with Crippen molar-refractivity contribution in [3.8, 4) is 0 Å². The van der Waals surface area contributed by atoms with Gasteiger partial charge in [-0.15, -0.1) is 11.3 Å². The second kappa shape index (κ2) is 7.38. The Morgan fingerprint density at radius 3 is 2.90 bits per heavy atom. The maximum atomic E-state index is 12.0. The minimum atomic E-state index is -0.0141. The quantitative estimate of drug-likeness (QED) is 0.853. The van der Waals surface area contributed by atoms with Gasteiger partial charge >= 0.3 is 0 Å². The van der Waals surface area contributed by atoms with Gasteiger partial charge in [0.2, 0.25) is 0 Å². The number of methoxy groups -OCH3 is 1. The Bertz CT molecular complexity index is 604. The molecule has 0 bridgehead atoms. The number of aromatic nitrogens is 2. The molecule has 1 amide bonds. The molecular weight excluding hydrogens is 286 g/mol. The molecule has 0 unspecified atom stereocenters. The molecule has 6 heteroatoms. The summed E-state index contributed by atoms with van der Waals surface area (Å²) < 4.78 is 7.24. The summed E-state index contributed by atoms with van der Waals surface area (Å²) in [6.07, 6.45) is 2.57. The van der Waals surface area contributed by atoms with Gasteiger partial charge in [0.15, 0.2) is 0 Å². The highest BCUT2D eigenvalue weighted by molar-refractivity contribution is 7.13. The lowest BCUT2D eigenvalue weighted by Gasteiger charge is -2.10. The SMILES string of the molecule is COCCn1c(C)cnc1CCNC(=O)c1ccc(C)s1. The summed E-state index contributed by atoms with van der Waals surface area (Å²) >= 11 is 1.51. The Kier molecular flexibility index (Phi) is 5.52. The van der Waals surface area contributed by atoms with Crippen LogP contribution < -0.4 is 5.32 Å². The number of thiophene rings is 1. The fourth-order valence-electron chi connectivity index (χ4n) is 2.13. The molecular formula is C15H21N3O2S. The van der Waals surface area contributed by atoms with Crippen molar-refractivity contribution in [2.45, 2.75) is 26.8 Å². The molecule has 0 radical (unpaired) electrons. The monoisotopic (exact) mass is 307 g/mol. The summed E-state index contributed by atoms with van der Waals surface area (Å²) in [4.78, 5) is 18.3. The van der Waals surface area contributed by atoms with Gasteiger partial charge < -0.3 is 14.6 Å². The highest BCUT2D eigenvalue weighted by atomic mass is 32.1. The first-order chi connectivity index (χ1) is 10.1. The van der Waals surface area contributed by atoms with Crippen molar-refractivity contribution in [3.05, 3.63) is 39.6 Å². The van der Waals surface area contributed by atoms with Crippen molar-refractivity contribution in [1.82, 2.24) is 14.9 Å². The van der Waals surface area contributed by atoms with Crippen LogP contribution in [0.1, 0.15) is 26.1 Å². The molecule has 114 valence electrons. The van der Waals surface area contributed by atoms with Crippen LogP contribution >= 0.6 is 11.3 Å². The Morgan fingerprint density at radius 1 is 1.43 bits per heavy atom. The number of ether oxygens (including phenoxy) is 1. The summed E-state index contributed by atoms with van der Waals surface area (Å²) in [5, 5.41) is 2.94. The molecule has 5 nitrogen and oxygen atoms in total. The number of carbonyl (C=O) groups excluding carboxylic acids is 1. The predicted molar refractivity (Wildman–Crippen MR) is 83.9 cm³/mol. The number of carbonyl (C=O) groups is 1. The topological polar surface area (TPSA) is 56.1 Å². The van der Waals surface area contributed by atoms with Crippen molar-refractivity contribution in [2.75, 3.05) is 20.3 Å². The van der Waals surface area contributed by atoms with E-state index >= 15 is 0 Å². The first-order valence-corrected chi connectivity index (χ1v) is 7.78. The maximum absolute atomic E-state index is 12.0. The highest BCUT2D eigenvalue weighted by Crippen LogP contribution is 2.14. The summed E-state index contributed by atoms with van der Waals surface area (Å²) in [5.74, 6) is 0.965. The normalized spacial score (nSPS) is 10.8. The van der Waals surface area contributed by atoms with E-state index in [0.29, 0.717) is 19.6 Å². The Hall–Kier alpha value is -1.66. The fourth-order valence-corrected chi connectivity index (χ4v) is 2.91. The molecule has 2 rings (SSSR count). The zero-order valence-corrected chi connectivity index (χ0v) is 13.5. The first-order valence-electron chi connectivity index (χ1n) is 6.96. The van der Waals surface area contributed by atoms with Gasteiger partial charge in [-0.2, -0.15) is 0 Å². The third-order valence-electron chi connectivity index (χ3n) is 3.26. The van der Waals surface area contributed by atoms with Gasteiger partial charge in [-0.3, -0.25) is 4.79 Å². The van der Waals surface area contributed by atoms with Gasteiger partial charge in [0.05, 0.1) is 11.5 Å². The third-order valence-corrected chi connectivity index (χ3v) is 4.25. The lowest BCUT2D eigenvalue weighted by molar-refractivity contribution is 0.0958. The molecule has 0 aliphatic carbocycles. The molecule has 2 aromatic rings. The van der Waals surface area contributed by atoms with Gasteiger partial charge in [0.25, 0.3) is 5.91 Å². The number of nitrogens with one attached hydrogen (secondary N) is 1. The molecule has 0 saturated carbocycles. The Labute approximate surface area is 129 Å². The molecule has 0 aromatic carbocycles. The van der Waals surface area contributed by atoms with Gasteiger partial charge in [0, 0.05) is 43.4 Å².